The van der Waals surface area contributed by atoms with Gasteiger partial charge in [0.2, 0.25) is 10.0 Å². The predicted molar refractivity (Wildman–Crippen MR) is 72.1 cm³/mol. The summed E-state index contributed by atoms with van der Waals surface area (Å²) in [4.78, 5) is 3.39. The molecule has 5 heteroatoms. The van der Waals surface area contributed by atoms with E-state index in [1.165, 1.54) is 11.6 Å². The van der Waals surface area contributed by atoms with Crippen LogP contribution < -0.4 is 0 Å². The van der Waals surface area contributed by atoms with Gasteiger partial charge in [-0.2, -0.15) is 0 Å². The fourth-order valence-electron chi connectivity index (χ4n) is 2.60. The highest BCUT2D eigenvalue weighted by Crippen LogP contribution is 2.30. The molecular formula is C13H16N2O2S. The molecule has 0 spiro atoms. The third kappa shape index (κ3) is 2.04. The van der Waals surface area contributed by atoms with Crippen LogP contribution in [-0.4, -0.2) is 37.1 Å². The van der Waals surface area contributed by atoms with Crippen molar-refractivity contribution in [1.82, 2.24) is 9.29 Å². The summed E-state index contributed by atoms with van der Waals surface area (Å²) in [6, 6.07) is 10.3. The Morgan fingerprint density at radius 2 is 2.11 bits per heavy atom. The Labute approximate surface area is 107 Å². The van der Waals surface area contributed by atoms with Gasteiger partial charge in [0.25, 0.3) is 0 Å². The van der Waals surface area contributed by atoms with Crippen LogP contribution in [0.3, 0.4) is 0 Å². The number of para-hydroxylation sites is 1. The van der Waals surface area contributed by atoms with Crippen LogP contribution in [0.15, 0.2) is 30.3 Å². The summed E-state index contributed by atoms with van der Waals surface area (Å²) in [5.74, 6) is 0.284. The molecule has 1 atom stereocenters. The van der Waals surface area contributed by atoms with Gasteiger partial charge < -0.3 is 4.98 Å². The number of sulfonamides is 1. The van der Waals surface area contributed by atoms with Gasteiger partial charge in [0.05, 0.1) is 6.26 Å². The smallest absolute Gasteiger partial charge is 0.211 e. The van der Waals surface area contributed by atoms with E-state index < -0.39 is 10.0 Å². The highest BCUT2D eigenvalue weighted by molar-refractivity contribution is 7.88. The highest BCUT2D eigenvalue weighted by Gasteiger charge is 2.30. The largest absolute Gasteiger partial charge is 0.358 e. The van der Waals surface area contributed by atoms with E-state index in [1.807, 2.05) is 18.2 Å². The van der Waals surface area contributed by atoms with Crippen molar-refractivity contribution in [2.45, 2.75) is 12.3 Å². The molecule has 0 saturated carbocycles. The molecule has 1 unspecified atom stereocenters. The predicted octanol–water partition coefficient (Wildman–Crippen LogP) is 1.92. The van der Waals surface area contributed by atoms with Crippen molar-refractivity contribution in [2.75, 3.05) is 19.3 Å². The molecule has 3 rings (SSSR count). The van der Waals surface area contributed by atoms with Crippen molar-refractivity contribution in [1.29, 1.82) is 0 Å². The van der Waals surface area contributed by atoms with Gasteiger partial charge in [0, 0.05) is 30.2 Å². The first-order valence-electron chi connectivity index (χ1n) is 6.07. The van der Waals surface area contributed by atoms with Crippen LogP contribution >= 0.6 is 0 Å². The highest BCUT2D eigenvalue weighted by atomic mass is 32.2. The third-order valence-corrected chi connectivity index (χ3v) is 4.88. The molecule has 0 amide bonds. The average Bonchev–Trinajstić information content (AvgIpc) is 2.94. The zero-order valence-electron chi connectivity index (χ0n) is 10.3. The zero-order chi connectivity index (χ0) is 12.8. The van der Waals surface area contributed by atoms with Crippen molar-refractivity contribution >= 4 is 20.9 Å². The van der Waals surface area contributed by atoms with E-state index in [2.05, 4.69) is 17.1 Å². The second-order valence-electron chi connectivity index (χ2n) is 4.92. The lowest BCUT2D eigenvalue weighted by atomic mass is 10.1. The lowest BCUT2D eigenvalue weighted by Crippen LogP contribution is -2.27. The lowest BCUT2D eigenvalue weighted by Gasteiger charge is -2.12. The van der Waals surface area contributed by atoms with Gasteiger partial charge in [0.15, 0.2) is 0 Å². The summed E-state index contributed by atoms with van der Waals surface area (Å²) in [6.07, 6.45) is 2.17. The number of aromatic amines is 1. The molecule has 18 heavy (non-hydrogen) atoms. The summed E-state index contributed by atoms with van der Waals surface area (Å²) in [5, 5.41) is 1.19. The molecule has 1 fully saturated rings. The topological polar surface area (TPSA) is 53.2 Å². The van der Waals surface area contributed by atoms with Crippen LogP contribution in [0.4, 0.5) is 0 Å². The Bertz CT molecular complexity index is 642. The summed E-state index contributed by atoms with van der Waals surface area (Å²) in [5.41, 5.74) is 2.26. The molecule has 0 radical (unpaired) electrons. The number of fused-ring (bicyclic) bond motifs is 1. The zero-order valence-corrected chi connectivity index (χ0v) is 11.1. The minimum Gasteiger partial charge on any atom is -0.358 e. The van der Waals surface area contributed by atoms with Crippen molar-refractivity contribution in [3.63, 3.8) is 0 Å². The molecule has 1 aliphatic rings. The first-order valence-corrected chi connectivity index (χ1v) is 7.91. The second kappa shape index (κ2) is 4.10. The average molecular weight is 264 g/mol. The van der Waals surface area contributed by atoms with Crippen LogP contribution in [0.5, 0.6) is 0 Å². The number of nitrogens with one attached hydrogen (secondary N) is 1. The minimum absolute atomic E-state index is 0.284. The molecule has 2 heterocycles. The van der Waals surface area contributed by atoms with Crippen LogP contribution in [0.1, 0.15) is 18.0 Å². The van der Waals surface area contributed by atoms with Crippen LogP contribution in [0, 0.1) is 0 Å². The van der Waals surface area contributed by atoms with E-state index in [9.17, 15) is 8.42 Å². The number of aromatic nitrogens is 1. The molecule has 1 aliphatic heterocycles. The molecule has 0 bridgehead atoms. The van der Waals surface area contributed by atoms with Crippen molar-refractivity contribution in [2.24, 2.45) is 0 Å². The molecule has 2 aromatic rings. The monoisotopic (exact) mass is 264 g/mol. The fraction of sp³-hybridized carbons (Fsp3) is 0.385. The lowest BCUT2D eigenvalue weighted by molar-refractivity contribution is 0.478. The van der Waals surface area contributed by atoms with Gasteiger partial charge in [-0.15, -0.1) is 0 Å². The molecule has 1 N–H and O–H groups in total. The number of rotatable bonds is 2. The molecule has 1 saturated heterocycles. The third-order valence-electron chi connectivity index (χ3n) is 3.61. The maximum atomic E-state index is 11.5. The van der Waals surface area contributed by atoms with Crippen LogP contribution in [-0.2, 0) is 10.0 Å². The maximum absolute atomic E-state index is 11.5. The van der Waals surface area contributed by atoms with E-state index in [4.69, 9.17) is 0 Å². The summed E-state index contributed by atoms with van der Waals surface area (Å²) >= 11 is 0. The number of benzene rings is 1. The van der Waals surface area contributed by atoms with Crippen molar-refractivity contribution < 1.29 is 8.42 Å². The summed E-state index contributed by atoms with van der Waals surface area (Å²) < 4.78 is 24.6. The Morgan fingerprint density at radius 1 is 1.33 bits per heavy atom. The molecule has 96 valence electrons. The Morgan fingerprint density at radius 3 is 2.78 bits per heavy atom. The molecule has 4 nitrogen and oxygen atoms in total. The van der Waals surface area contributed by atoms with E-state index in [1.54, 1.807) is 4.31 Å². The second-order valence-corrected chi connectivity index (χ2v) is 6.90. The van der Waals surface area contributed by atoms with Gasteiger partial charge in [-0.3, -0.25) is 0 Å². The number of nitrogens with zero attached hydrogens (tertiary/aromatic N) is 1. The quantitative estimate of drug-likeness (QED) is 0.901. The van der Waals surface area contributed by atoms with Crippen molar-refractivity contribution in [3.8, 4) is 0 Å². The normalized spacial score (nSPS) is 21.7. The van der Waals surface area contributed by atoms with Crippen LogP contribution in [0.25, 0.3) is 10.9 Å². The molecule has 0 aliphatic carbocycles. The van der Waals surface area contributed by atoms with Crippen molar-refractivity contribution in [3.05, 3.63) is 36.0 Å². The number of hydrogen-bond acceptors (Lipinski definition) is 2. The van der Waals surface area contributed by atoms with Gasteiger partial charge >= 0.3 is 0 Å². The Kier molecular flexibility index (Phi) is 2.68. The summed E-state index contributed by atoms with van der Waals surface area (Å²) in [6.45, 7) is 1.21. The standard InChI is InChI=1S/C13H16N2O2S/c1-18(16,17)15-7-6-11(9-15)13-8-10-4-2-3-5-12(10)14-13/h2-5,8,11,14H,6-7,9H2,1H3. The SMILES string of the molecule is CS(=O)(=O)N1CCC(c2cc3ccccc3[nH]2)C1. The Hall–Kier alpha value is -1.33. The fourth-order valence-corrected chi connectivity index (χ4v) is 3.49. The van der Waals surface area contributed by atoms with E-state index in [0.717, 1.165) is 17.6 Å². The maximum Gasteiger partial charge on any atom is 0.211 e. The Balaban J connectivity index is 1.88. The molecule has 1 aromatic heterocycles. The van der Waals surface area contributed by atoms with Gasteiger partial charge in [-0.05, 0) is 23.9 Å². The van der Waals surface area contributed by atoms with Gasteiger partial charge in [0.1, 0.15) is 0 Å². The van der Waals surface area contributed by atoms with E-state index >= 15 is 0 Å². The number of hydrogen-bond donors (Lipinski definition) is 1. The van der Waals surface area contributed by atoms with Gasteiger partial charge in [-0.1, -0.05) is 18.2 Å². The van der Waals surface area contributed by atoms with E-state index in [0.29, 0.717) is 13.1 Å². The summed E-state index contributed by atoms with van der Waals surface area (Å²) in [7, 11) is -3.05. The van der Waals surface area contributed by atoms with E-state index in [-0.39, 0.29) is 5.92 Å². The minimum atomic E-state index is -3.05. The first kappa shape index (κ1) is 11.7. The van der Waals surface area contributed by atoms with Crippen LogP contribution in [0.2, 0.25) is 0 Å². The number of H-pyrrole nitrogens is 1. The first-order chi connectivity index (χ1) is 8.54. The van der Waals surface area contributed by atoms with Gasteiger partial charge in [-0.25, -0.2) is 12.7 Å². The molecule has 1 aromatic carbocycles. The molecular weight excluding hydrogens is 248 g/mol.